The second-order valence-electron chi connectivity index (χ2n) is 13.1. The van der Waals surface area contributed by atoms with Crippen LogP contribution in [-0.2, 0) is 14.3 Å². The number of aliphatic hydroxyl groups excluding tert-OH is 2. The Kier molecular flexibility index (Phi) is 5.79. The van der Waals surface area contributed by atoms with E-state index in [-0.39, 0.29) is 53.4 Å². The van der Waals surface area contributed by atoms with Crippen molar-refractivity contribution in [3.63, 3.8) is 0 Å². The van der Waals surface area contributed by atoms with Crippen molar-refractivity contribution in [3.8, 4) is 0 Å². The first kappa shape index (κ1) is 24.9. The van der Waals surface area contributed by atoms with Crippen LogP contribution in [0.25, 0.3) is 0 Å². The zero-order valence-corrected chi connectivity index (χ0v) is 20.8. The molecule has 7 nitrogen and oxygen atoms in total. The molecule has 188 valence electrons. The largest absolute Gasteiger partial charge is 0.481 e. The summed E-state index contributed by atoms with van der Waals surface area (Å²) >= 11 is 0. The molecule has 4 fully saturated rings. The van der Waals surface area contributed by atoms with E-state index in [2.05, 4.69) is 20.8 Å². The van der Waals surface area contributed by atoms with Crippen molar-refractivity contribution < 1.29 is 34.8 Å². The number of hydrogen-bond acceptors (Lipinski definition) is 5. The van der Waals surface area contributed by atoms with Crippen LogP contribution in [0.3, 0.4) is 0 Å². The molecule has 33 heavy (non-hydrogen) atoms. The number of fused-ring (bicyclic) bond motifs is 3. The number of rotatable bonds is 7. The third-order valence-electron chi connectivity index (χ3n) is 10.7. The highest BCUT2D eigenvalue weighted by Crippen LogP contribution is 2.75. The standard InChI is InChI=1S/C26H42O7/c1-22(2)16-11-19(28)26-12-15(10-17(26)24(16,4)9-6-18(22)27)25(5,14-26)33-23(3,13-21(31)32)8-7-20(29)30/h15-19,27-28H,6-14H2,1-5H3,(H,29,30)(H,31,32). The summed E-state index contributed by atoms with van der Waals surface area (Å²) in [5.74, 6) is -1.17. The predicted molar refractivity (Wildman–Crippen MR) is 122 cm³/mol. The molecule has 0 radical (unpaired) electrons. The molecule has 4 N–H and O–H groups in total. The molecule has 0 aromatic heterocycles. The van der Waals surface area contributed by atoms with Gasteiger partial charge in [-0.2, -0.15) is 0 Å². The molecule has 0 aliphatic heterocycles. The van der Waals surface area contributed by atoms with Crippen molar-refractivity contribution >= 4 is 11.9 Å². The average Bonchev–Trinajstić information content (AvgIpc) is 3.20. The normalized spacial score (nSPS) is 47.4. The second-order valence-corrected chi connectivity index (χ2v) is 13.1. The number of carbonyl (C=O) groups is 2. The summed E-state index contributed by atoms with van der Waals surface area (Å²) < 4.78 is 6.61. The molecule has 1 spiro atoms. The van der Waals surface area contributed by atoms with E-state index in [1.807, 2.05) is 6.92 Å². The summed E-state index contributed by atoms with van der Waals surface area (Å²) in [5.41, 5.74) is -2.12. The van der Waals surface area contributed by atoms with Gasteiger partial charge in [-0.25, -0.2) is 0 Å². The minimum absolute atomic E-state index is 0.0473. The second kappa shape index (κ2) is 7.66. The summed E-state index contributed by atoms with van der Waals surface area (Å²) in [6, 6.07) is 0. The van der Waals surface area contributed by atoms with Gasteiger partial charge < -0.3 is 25.2 Å². The van der Waals surface area contributed by atoms with Crippen molar-refractivity contribution in [2.75, 3.05) is 0 Å². The van der Waals surface area contributed by atoms with Crippen LogP contribution in [0.4, 0.5) is 0 Å². The highest BCUT2D eigenvalue weighted by Gasteiger charge is 2.73. The van der Waals surface area contributed by atoms with Crippen molar-refractivity contribution in [1.29, 1.82) is 0 Å². The maximum atomic E-state index is 11.6. The highest BCUT2D eigenvalue weighted by molar-refractivity contribution is 5.69. The maximum Gasteiger partial charge on any atom is 0.306 e. The van der Waals surface area contributed by atoms with E-state index in [9.17, 15) is 30.0 Å². The van der Waals surface area contributed by atoms with Gasteiger partial charge in [0.2, 0.25) is 0 Å². The Morgan fingerprint density at radius 2 is 1.67 bits per heavy atom. The molecular formula is C26H42O7. The van der Waals surface area contributed by atoms with Crippen LogP contribution in [0.15, 0.2) is 0 Å². The molecule has 4 rings (SSSR count). The van der Waals surface area contributed by atoms with Crippen molar-refractivity contribution in [1.82, 2.24) is 0 Å². The highest BCUT2D eigenvalue weighted by atomic mass is 16.5. The Morgan fingerprint density at radius 1 is 1.00 bits per heavy atom. The van der Waals surface area contributed by atoms with Crippen LogP contribution in [0, 0.1) is 34.0 Å². The number of ether oxygens (including phenoxy) is 1. The fraction of sp³-hybridized carbons (Fsp3) is 0.923. The van der Waals surface area contributed by atoms with E-state index in [0.717, 1.165) is 25.7 Å². The molecule has 0 amide bonds. The molecule has 4 aliphatic rings. The minimum Gasteiger partial charge on any atom is -0.481 e. The fourth-order valence-electron chi connectivity index (χ4n) is 9.15. The number of aliphatic carboxylic acids is 2. The minimum atomic E-state index is -1.07. The van der Waals surface area contributed by atoms with E-state index in [1.54, 1.807) is 6.92 Å². The molecule has 0 heterocycles. The van der Waals surface area contributed by atoms with Crippen molar-refractivity contribution in [2.45, 2.75) is 116 Å². The Labute approximate surface area is 196 Å². The molecular weight excluding hydrogens is 424 g/mol. The van der Waals surface area contributed by atoms with Crippen LogP contribution in [0.5, 0.6) is 0 Å². The molecule has 7 heteroatoms. The van der Waals surface area contributed by atoms with Gasteiger partial charge in [-0.05, 0) is 87.4 Å². The van der Waals surface area contributed by atoms with Crippen LogP contribution in [-0.4, -0.2) is 55.8 Å². The van der Waals surface area contributed by atoms with Gasteiger partial charge in [0.1, 0.15) is 0 Å². The van der Waals surface area contributed by atoms with E-state index < -0.39 is 29.2 Å². The van der Waals surface area contributed by atoms with Gasteiger partial charge in [-0.1, -0.05) is 20.8 Å². The molecule has 9 atom stereocenters. The van der Waals surface area contributed by atoms with E-state index in [0.29, 0.717) is 18.8 Å². The molecule has 0 aromatic rings. The first-order valence-electron chi connectivity index (χ1n) is 12.6. The van der Waals surface area contributed by atoms with Gasteiger partial charge in [0.25, 0.3) is 0 Å². The summed E-state index contributed by atoms with van der Waals surface area (Å²) in [6.45, 7) is 10.4. The van der Waals surface area contributed by atoms with Gasteiger partial charge in [0, 0.05) is 11.8 Å². The van der Waals surface area contributed by atoms with Gasteiger partial charge >= 0.3 is 11.9 Å². The molecule has 9 unspecified atom stereocenters. The Hall–Kier alpha value is -1.18. The van der Waals surface area contributed by atoms with Crippen LogP contribution in [0.1, 0.15) is 92.4 Å². The third-order valence-corrected chi connectivity index (χ3v) is 10.7. The van der Waals surface area contributed by atoms with Gasteiger partial charge in [0.15, 0.2) is 0 Å². The SMILES string of the molecule is CC(CCC(=O)O)(CC(=O)O)OC1(C)CC23CC1CC2C1(C)CCC(O)C(C)(C)C1CC3O. The summed E-state index contributed by atoms with van der Waals surface area (Å²) in [5, 5.41) is 41.0. The Bertz CT molecular complexity index is 825. The van der Waals surface area contributed by atoms with Crippen LogP contribution in [0.2, 0.25) is 0 Å². The van der Waals surface area contributed by atoms with Crippen LogP contribution >= 0.6 is 0 Å². The summed E-state index contributed by atoms with van der Waals surface area (Å²) in [6.07, 6.45) is 3.80. The third kappa shape index (κ3) is 3.73. The Balaban J connectivity index is 1.61. The number of hydrogen-bond donors (Lipinski definition) is 4. The number of aliphatic hydroxyl groups is 2. The number of carboxylic acid groups (broad SMARTS) is 2. The molecule has 0 aromatic carbocycles. The zero-order valence-electron chi connectivity index (χ0n) is 20.8. The summed E-state index contributed by atoms with van der Waals surface area (Å²) in [4.78, 5) is 22.8. The lowest BCUT2D eigenvalue weighted by molar-refractivity contribution is -0.235. The topological polar surface area (TPSA) is 124 Å². The van der Waals surface area contributed by atoms with E-state index in [1.165, 1.54) is 0 Å². The molecule has 0 saturated heterocycles. The molecule has 2 bridgehead atoms. The lowest BCUT2D eigenvalue weighted by atomic mass is 9.41. The zero-order chi connectivity index (χ0) is 24.6. The number of carboxylic acids is 2. The predicted octanol–water partition coefficient (Wildman–Crippen LogP) is 3.84. The quantitative estimate of drug-likeness (QED) is 0.449. The molecule has 4 saturated carbocycles. The van der Waals surface area contributed by atoms with Crippen LogP contribution < -0.4 is 0 Å². The van der Waals surface area contributed by atoms with Gasteiger partial charge in [0.05, 0.1) is 29.8 Å². The monoisotopic (exact) mass is 466 g/mol. The lowest BCUT2D eigenvalue weighted by Gasteiger charge is -2.65. The first-order valence-corrected chi connectivity index (χ1v) is 12.6. The maximum absolute atomic E-state index is 11.6. The van der Waals surface area contributed by atoms with Gasteiger partial charge in [-0.3, -0.25) is 9.59 Å². The Morgan fingerprint density at radius 3 is 2.27 bits per heavy atom. The van der Waals surface area contributed by atoms with Crippen molar-refractivity contribution in [3.05, 3.63) is 0 Å². The fourth-order valence-corrected chi connectivity index (χ4v) is 9.15. The summed E-state index contributed by atoms with van der Waals surface area (Å²) in [7, 11) is 0. The van der Waals surface area contributed by atoms with Gasteiger partial charge in [-0.15, -0.1) is 0 Å². The average molecular weight is 467 g/mol. The molecule has 4 aliphatic carbocycles. The van der Waals surface area contributed by atoms with E-state index in [4.69, 9.17) is 4.74 Å². The smallest absolute Gasteiger partial charge is 0.306 e. The lowest BCUT2D eigenvalue weighted by Crippen LogP contribution is -2.63. The van der Waals surface area contributed by atoms with E-state index >= 15 is 0 Å². The first-order chi connectivity index (χ1) is 15.1. The van der Waals surface area contributed by atoms with Crippen molar-refractivity contribution in [2.24, 2.45) is 34.0 Å².